The van der Waals surface area contributed by atoms with Gasteiger partial charge in [0.05, 0.1) is 13.2 Å². The second-order valence-corrected chi connectivity index (χ2v) is 6.89. The average Bonchev–Trinajstić information content (AvgIpc) is 3.06. The van der Waals surface area contributed by atoms with Crippen LogP contribution in [-0.2, 0) is 15.9 Å². The van der Waals surface area contributed by atoms with Crippen LogP contribution in [0.3, 0.4) is 0 Å². The molecule has 0 saturated carbocycles. The van der Waals surface area contributed by atoms with E-state index in [9.17, 15) is 0 Å². The Balaban J connectivity index is 1.67. The third-order valence-corrected chi connectivity index (χ3v) is 4.87. The first-order chi connectivity index (χ1) is 11.7. The third kappa shape index (κ3) is 5.20. The Hall–Kier alpha value is -1.62. The van der Waals surface area contributed by atoms with Crippen molar-refractivity contribution in [1.82, 2.24) is 0 Å². The van der Waals surface area contributed by atoms with E-state index >= 15 is 0 Å². The van der Waals surface area contributed by atoms with Crippen LogP contribution in [0.5, 0.6) is 0 Å². The summed E-state index contributed by atoms with van der Waals surface area (Å²) >= 11 is 1.54. The fraction of sp³-hybridized carbons (Fsp3) is 0.350. The van der Waals surface area contributed by atoms with E-state index < -0.39 is 5.79 Å². The number of nitrogens with zero attached hydrogens (tertiary/aromatic N) is 1. The van der Waals surface area contributed by atoms with Gasteiger partial charge < -0.3 is 9.47 Å². The van der Waals surface area contributed by atoms with Crippen LogP contribution in [-0.4, -0.2) is 24.7 Å². The average molecular weight is 341 g/mol. The third-order valence-electron chi connectivity index (χ3n) is 4.04. The minimum atomic E-state index is -0.463. The Morgan fingerprint density at radius 3 is 2.29 bits per heavy atom. The van der Waals surface area contributed by atoms with Crippen molar-refractivity contribution >= 4 is 17.7 Å². The van der Waals surface area contributed by atoms with Gasteiger partial charge in [0.15, 0.2) is 5.79 Å². The molecule has 24 heavy (non-hydrogen) atoms. The molecule has 2 aromatic rings. The number of benzene rings is 2. The Labute approximate surface area is 148 Å². The summed E-state index contributed by atoms with van der Waals surface area (Å²) < 4.78 is 16.2. The van der Waals surface area contributed by atoms with Crippen molar-refractivity contribution in [3.05, 3.63) is 66.2 Å². The van der Waals surface area contributed by atoms with Crippen LogP contribution in [0.15, 0.2) is 70.0 Å². The summed E-state index contributed by atoms with van der Waals surface area (Å²) in [5.41, 5.74) is 2.44. The van der Waals surface area contributed by atoms with Crippen molar-refractivity contribution in [2.75, 3.05) is 13.2 Å². The fourth-order valence-corrected chi connectivity index (χ4v) is 3.34. The smallest absolute Gasteiger partial charge is 0.166 e. The molecule has 0 amide bonds. The van der Waals surface area contributed by atoms with Gasteiger partial charge in [-0.3, -0.25) is 0 Å². The predicted molar refractivity (Wildman–Crippen MR) is 99.4 cm³/mol. The Bertz CT molecular complexity index is 652. The molecule has 0 spiro atoms. The Morgan fingerprint density at radius 2 is 1.62 bits per heavy atom. The maximum absolute atomic E-state index is 5.72. The van der Waals surface area contributed by atoms with E-state index in [1.165, 1.54) is 17.5 Å². The van der Waals surface area contributed by atoms with Gasteiger partial charge in [-0.2, -0.15) is 0 Å². The van der Waals surface area contributed by atoms with Crippen LogP contribution in [0.2, 0.25) is 0 Å². The second kappa shape index (κ2) is 8.47. The summed E-state index contributed by atoms with van der Waals surface area (Å²) in [6.45, 7) is 3.38. The monoisotopic (exact) mass is 341 g/mol. The Morgan fingerprint density at radius 1 is 1.00 bits per heavy atom. The van der Waals surface area contributed by atoms with E-state index in [-0.39, 0.29) is 0 Å². The van der Waals surface area contributed by atoms with E-state index in [0.29, 0.717) is 13.2 Å². The standard InChI is InChI=1S/C20H23NO2S/c1-20(22-14-15-23-20)13-12-18(16-17-8-4-2-5-9-17)21-24-19-10-6-3-7-11-19/h2-11H,12-16H2,1H3/b21-18+. The molecule has 1 saturated heterocycles. The summed E-state index contributed by atoms with van der Waals surface area (Å²) in [6, 6.07) is 20.7. The first-order valence-electron chi connectivity index (χ1n) is 8.33. The molecule has 3 nitrogen and oxygen atoms in total. The highest BCUT2D eigenvalue weighted by atomic mass is 32.2. The van der Waals surface area contributed by atoms with Gasteiger partial charge in [0.2, 0.25) is 0 Å². The highest BCUT2D eigenvalue weighted by Crippen LogP contribution is 2.26. The maximum Gasteiger partial charge on any atom is 0.166 e. The van der Waals surface area contributed by atoms with Crippen LogP contribution in [0.4, 0.5) is 0 Å². The summed E-state index contributed by atoms with van der Waals surface area (Å²) in [5, 5.41) is 0. The van der Waals surface area contributed by atoms with Gasteiger partial charge in [-0.1, -0.05) is 48.5 Å². The van der Waals surface area contributed by atoms with Crippen LogP contribution in [0.1, 0.15) is 25.3 Å². The van der Waals surface area contributed by atoms with Gasteiger partial charge in [-0.25, -0.2) is 4.40 Å². The minimum absolute atomic E-state index is 0.463. The van der Waals surface area contributed by atoms with Crippen molar-refractivity contribution in [2.24, 2.45) is 4.40 Å². The Kier molecular flexibility index (Phi) is 6.07. The van der Waals surface area contributed by atoms with Gasteiger partial charge >= 0.3 is 0 Å². The molecule has 2 aromatic carbocycles. The van der Waals surface area contributed by atoms with Crippen molar-refractivity contribution < 1.29 is 9.47 Å². The van der Waals surface area contributed by atoms with Crippen molar-refractivity contribution in [1.29, 1.82) is 0 Å². The van der Waals surface area contributed by atoms with E-state index in [1.54, 1.807) is 0 Å². The first-order valence-corrected chi connectivity index (χ1v) is 9.10. The zero-order valence-corrected chi connectivity index (χ0v) is 14.8. The summed E-state index contributed by atoms with van der Waals surface area (Å²) in [6.07, 6.45) is 2.55. The molecule has 1 aliphatic heterocycles. The predicted octanol–water partition coefficient (Wildman–Crippen LogP) is 4.92. The van der Waals surface area contributed by atoms with Gasteiger partial charge in [-0.05, 0) is 31.0 Å². The van der Waals surface area contributed by atoms with Crippen LogP contribution >= 0.6 is 11.9 Å². The SMILES string of the molecule is CC1(CC/C(Cc2ccccc2)=N\Sc2ccccc2)OCCO1. The van der Waals surface area contributed by atoms with E-state index in [4.69, 9.17) is 13.9 Å². The maximum atomic E-state index is 5.72. The molecule has 1 fully saturated rings. The molecule has 1 aliphatic rings. The second-order valence-electron chi connectivity index (χ2n) is 6.05. The zero-order chi connectivity index (χ0) is 16.7. The molecule has 126 valence electrons. The lowest BCUT2D eigenvalue weighted by Crippen LogP contribution is -2.26. The quantitative estimate of drug-likeness (QED) is 0.529. The fourth-order valence-electron chi connectivity index (χ4n) is 2.67. The van der Waals surface area contributed by atoms with Gasteiger partial charge in [-0.15, -0.1) is 0 Å². The summed E-state index contributed by atoms with van der Waals surface area (Å²) in [5.74, 6) is -0.463. The number of hydrogen-bond donors (Lipinski definition) is 0. The topological polar surface area (TPSA) is 30.8 Å². The molecule has 1 heterocycles. The van der Waals surface area contributed by atoms with E-state index in [0.717, 1.165) is 29.9 Å². The van der Waals surface area contributed by atoms with Crippen molar-refractivity contribution in [2.45, 2.75) is 36.9 Å². The molecule has 0 aliphatic carbocycles. The molecular weight excluding hydrogens is 318 g/mol. The molecule has 4 heteroatoms. The molecule has 0 N–H and O–H groups in total. The molecular formula is C20H23NO2S. The number of hydrogen-bond acceptors (Lipinski definition) is 4. The zero-order valence-electron chi connectivity index (χ0n) is 14.0. The van der Waals surface area contributed by atoms with Crippen molar-refractivity contribution in [3.8, 4) is 0 Å². The molecule has 0 atom stereocenters. The van der Waals surface area contributed by atoms with Crippen LogP contribution in [0, 0.1) is 0 Å². The van der Waals surface area contributed by atoms with Crippen molar-refractivity contribution in [3.63, 3.8) is 0 Å². The minimum Gasteiger partial charge on any atom is -0.348 e. The molecule has 0 bridgehead atoms. The first kappa shape index (κ1) is 17.2. The molecule has 3 rings (SSSR count). The van der Waals surface area contributed by atoms with E-state index in [1.807, 2.05) is 31.2 Å². The van der Waals surface area contributed by atoms with Gasteiger partial charge in [0.25, 0.3) is 0 Å². The highest BCUT2D eigenvalue weighted by molar-refractivity contribution is 7.98. The van der Waals surface area contributed by atoms with Gasteiger partial charge in [0, 0.05) is 35.4 Å². The van der Waals surface area contributed by atoms with E-state index in [2.05, 4.69) is 36.4 Å². The lowest BCUT2D eigenvalue weighted by molar-refractivity contribution is -0.145. The lowest BCUT2D eigenvalue weighted by atomic mass is 10.0. The summed E-state index contributed by atoms with van der Waals surface area (Å²) in [4.78, 5) is 1.16. The largest absolute Gasteiger partial charge is 0.348 e. The number of rotatable bonds is 7. The lowest BCUT2D eigenvalue weighted by Gasteiger charge is -2.22. The molecule has 0 unspecified atom stereocenters. The van der Waals surface area contributed by atoms with Crippen LogP contribution in [0.25, 0.3) is 0 Å². The normalized spacial score (nSPS) is 17.1. The molecule has 0 aromatic heterocycles. The highest BCUT2D eigenvalue weighted by Gasteiger charge is 2.30. The van der Waals surface area contributed by atoms with Gasteiger partial charge in [0.1, 0.15) is 0 Å². The van der Waals surface area contributed by atoms with Crippen LogP contribution < -0.4 is 0 Å². The summed E-state index contributed by atoms with van der Waals surface area (Å²) in [7, 11) is 0. The molecule has 0 radical (unpaired) electrons. The number of ether oxygens (including phenoxy) is 2.